The van der Waals surface area contributed by atoms with Crippen LogP contribution in [0.15, 0.2) is 30.5 Å². The van der Waals surface area contributed by atoms with Crippen LogP contribution in [-0.4, -0.2) is 15.7 Å². The molecule has 0 bridgehead atoms. The number of nitrogens with one attached hydrogen (secondary N) is 1. The fourth-order valence-corrected chi connectivity index (χ4v) is 3.00. The Labute approximate surface area is 144 Å². The first-order chi connectivity index (χ1) is 11.8. The van der Waals surface area contributed by atoms with Gasteiger partial charge < -0.3 is 5.32 Å². The summed E-state index contributed by atoms with van der Waals surface area (Å²) in [4.78, 5) is 12.1. The summed E-state index contributed by atoms with van der Waals surface area (Å²) in [6, 6.07) is 4.80. The van der Waals surface area contributed by atoms with E-state index in [-0.39, 0.29) is 17.9 Å². The van der Waals surface area contributed by atoms with Gasteiger partial charge in [0.05, 0.1) is 23.5 Å². The van der Waals surface area contributed by atoms with Gasteiger partial charge in [0.25, 0.3) is 0 Å². The van der Waals surface area contributed by atoms with Crippen LogP contribution in [-0.2, 0) is 11.0 Å². The molecule has 0 spiro atoms. The maximum atomic E-state index is 12.9. The third kappa shape index (κ3) is 3.55. The Hall–Kier alpha value is -2.31. The second-order valence-electron chi connectivity index (χ2n) is 6.50. The number of carbonyl (C=O) groups excluding carboxylic acids is 1. The molecule has 3 rings (SSSR count). The van der Waals surface area contributed by atoms with Crippen molar-refractivity contribution >= 4 is 5.91 Å². The molecule has 134 valence electrons. The van der Waals surface area contributed by atoms with Crippen molar-refractivity contribution in [2.24, 2.45) is 5.92 Å². The van der Waals surface area contributed by atoms with Crippen molar-refractivity contribution < 1.29 is 18.0 Å². The molecular weight excluding hydrogens is 331 g/mol. The largest absolute Gasteiger partial charge is 0.416 e. The Morgan fingerprint density at radius 1 is 1.36 bits per heavy atom. The zero-order valence-corrected chi connectivity index (χ0v) is 14.1. The number of nitrogens with zero attached hydrogens (tertiary/aromatic N) is 2. The predicted octanol–water partition coefficient (Wildman–Crippen LogP) is 4.18. The highest BCUT2D eigenvalue weighted by molar-refractivity contribution is 5.79. The monoisotopic (exact) mass is 351 g/mol. The van der Waals surface area contributed by atoms with Crippen LogP contribution >= 0.6 is 0 Å². The zero-order chi connectivity index (χ0) is 18.2. The first-order valence-electron chi connectivity index (χ1n) is 8.30. The lowest BCUT2D eigenvalue weighted by atomic mass is 9.84. The topological polar surface area (TPSA) is 46.9 Å². The summed E-state index contributed by atoms with van der Waals surface area (Å²) in [5.41, 5.74) is 1.13. The summed E-state index contributed by atoms with van der Waals surface area (Å²) in [5.74, 6) is 0.117. The fourth-order valence-electron chi connectivity index (χ4n) is 3.00. The van der Waals surface area contributed by atoms with Crippen molar-refractivity contribution in [2.45, 2.75) is 45.3 Å². The van der Waals surface area contributed by atoms with Crippen molar-refractivity contribution in [2.75, 3.05) is 0 Å². The Balaban J connectivity index is 1.82. The molecule has 2 aromatic rings. The van der Waals surface area contributed by atoms with E-state index in [0.717, 1.165) is 37.0 Å². The Morgan fingerprint density at radius 2 is 2.08 bits per heavy atom. The number of hydrogen-bond donors (Lipinski definition) is 1. The van der Waals surface area contributed by atoms with Gasteiger partial charge in [-0.1, -0.05) is 12.5 Å². The van der Waals surface area contributed by atoms with Gasteiger partial charge in [0, 0.05) is 17.2 Å². The number of alkyl halides is 3. The van der Waals surface area contributed by atoms with E-state index in [0.29, 0.717) is 11.4 Å². The molecule has 1 atom stereocenters. The minimum atomic E-state index is -4.40. The molecule has 1 amide bonds. The molecule has 4 nitrogen and oxygen atoms in total. The normalized spacial score (nSPS) is 16.4. The predicted molar refractivity (Wildman–Crippen MR) is 87.2 cm³/mol. The smallest absolute Gasteiger partial charge is 0.349 e. The standard InChI is InChI=1S/C18H20F3N3O/c1-11(23-17(25)13-5-3-6-13)16-10-22-24(12(16)2)15-8-4-7-14(9-15)18(19,20)21/h4,7-11,13H,3,5-6H2,1-2H3,(H,23,25)/t11-/m1/s1. The van der Waals surface area contributed by atoms with Crippen molar-refractivity contribution in [1.29, 1.82) is 0 Å². The Kier molecular flexibility index (Phi) is 4.58. The van der Waals surface area contributed by atoms with E-state index in [1.165, 1.54) is 10.7 Å². The number of carbonyl (C=O) groups is 1. The number of halogens is 3. The second kappa shape index (κ2) is 6.54. The first-order valence-corrected chi connectivity index (χ1v) is 8.30. The van der Waals surface area contributed by atoms with Crippen LogP contribution in [0.3, 0.4) is 0 Å². The van der Waals surface area contributed by atoms with Crippen LogP contribution in [0, 0.1) is 12.8 Å². The molecule has 7 heteroatoms. The number of rotatable bonds is 4. The molecule has 1 aliphatic carbocycles. The van der Waals surface area contributed by atoms with Crippen LogP contribution in [0.1, 0.15) is 49.0 Å². The third-order valence-electron chi connectivity index (χ3n) is 4.77. The molecule has 1 aliphatic rings. The number of benzene rings is 1. The van der Waals surface area contributed by atoms with E-state index < -0.39 is 11.7 Å². The van der Waals surface area contributed by atoms with Crippen LogP contribution in [0.5, 0.6) is 0 Å². The number of aromatic nitrogens is 2. The van der Waals surface area contributed by atoms with Crippen molar-refractivity contribution in [3.8, 4) is 5.69 Å². The van der Waals surface area contributed by atoms with Gasteiger partial charge in [0.1, 0.15) is 0 Å². The molecule has 1 N–H and O–H groups in total. The quantitative estimate of drug-likeness (QED) is 0.898. The lowest BCUT2D eigenvalue weighted by Crippen LogP contribution is -2.36. The molecule has 0 saturated heterocycles. The van der Waals surface area contributed by atoms with Gasteiger partial charge in [-0.2, -0.15) is 18.3 Å². The van der Waals surface area contributed by atoms with E-state index in [4.69, 9.17) is 0 Å². The first kappa shape index (κ1) is 17.5. The Morgan fingerprint density at radius 3 is 2.68 bits per heavy atom. The minimum Gasteiger partial charge on any atom is -0.349 e. The van der Waals surface area contributed by atoms with E-state index >= 15 is 0 Å². The number of hydrogen-bond acceptors (Lipinski definition) is 2. The molecule has 25 heavy (non-hydrogen) atoms. The van der Waals surface area contributed by atoms with E-state index in [2.05, 4.69) is 10.4 Å². The summed E-state index contributed by atoms with van der Waals surface area (Å²) in [7, 11) is 0. The maximum Gasteiger partial charge on any atom is 0.416 e. The van der Waals surface area contributed by atoms with Crippen molar-refractivity contribution in [3.05, 3.63) is 47.3 Å². The summed E-state index contributed by atoms with van der Waals surface area (Å²) in [6.45, 7) is 3.64. The number of amides is 1. The van der Waals surface area contributed by atoms with Gasteiger partial charge in [0.2, 0.25) is 5.91 Å². The summed E-state index contributed by atoms with van der Waals surface area (Å²) in [6.07, 6.45) is 0.117. The highest BCUT2D eigenvalue weighted by Gasteiger charge is 2.31. The lowest BCUT2D eigenvalue weighted by Gasteiger charge is -2.26. The average molecular weight is 351 g/mol. The third-order valence-corrected chi connectivity index (χ3v) is 4.77. The highest BCUT2D eigenvalue weighted by atomic mass is 19.4. The summed E-state index contributed by atoms with van der Waals surface area (Å²) >= 11 is 0. The van der Waals surface area contributed by atoms with Gasteiger partial charge in [-0.05, 0) is 44.9 Å². The van der Waals surface area contributed by atoms with Crippen LogP contribution in [0.4, 0.5) is 13.2 Å². The average Bonchev–Trinajstić information content (AvgIpc) is 2.86. The van der Waals surface area contributed by atoms with Gasteiger partial charge in [-0.25, -0.2) is 4.68 Å². The molecular formula is C18H20F3N3O. The summed E-state index contributed by atoms with van der Waals surface area (Å²) < 4.78 is 40.2. The molecule has 1 aromatic carbocycles. The van der Waals surface area contributed by atoms with E-state index in [1.54, 1.807) is 19.2 Å². The molecule has 0 radical (unpaired) electrons. The second-order valence-corrected chi connectivity index (χ2v) is 6.50. The van der Waals surface area contributed by atoms with Gasteiger partial charge in [-0.3, -0.25) is 4.79 Å². The molecule has 0 unspecified atom stereocenters. The SMILES string of the molecule is Cc1c([C@@H](C)NC(=O)C2CCC2)cnn1-c1cccc(C(F)(F)F)c1. The molecule has 1 saturated carbocycles. The van der Waals surface area contributed by atoms with Crippen LogP contribution in [0.25, 0.3) is 5.69 Å². The lowest BCUT2D eigenvalue weighted by molar-refractivity contribution is -0.137. The zero-order valence-electron chi connectivity index (χ0n) is 14.1. The van der Waals surface area contributed by atoms with Crippen LogP contribution in [0.2, 0.25) is 0 Å². The van der Waals surface area contributed by atoms with Gasteiger partial charge in [0.15, 0.2) is 0 Å². The molecule has 1 heterocycles. The maximum absolute atomic E-state index is 12.9. The van der Waals surface area contributed by atoms with Crippen molar-refractivity contribution in [1.82, 2.24) is 15.1 Å². The molecule has 1 aromatic heterocycles. The van der Waals surface area contributed by atoms with Gasteiger partial charge >= 0.3 is 6.18 Å². The van der Waals surface area contributed by atoms with Crippen molar-refractivity contribution in [3.63, 3.8) is 0 Å². The Bertz CT molecular complexity index is 778. The van der Waals surface area contributed by atoms with Gasteiger partial charge in [-0.15, -0.1) is 0 Å². The van der Waals surface area contributed by atoms with E-state index in [9.17, 15) is 18.0 Å². The fraction of sp³-hybridized carbons (Fsp3) is 0.444. The van der Waals surface area contributed by atoms with Crippen LogP contribution < -0.4 is 5.32 Å². The summed E-state index contributed by atoms with van der Waals surface area (Å²) in [5, 5.41) is 7.18. The highest BCUT2D eigenvalue weighted by Crippen LogP contribution is 2.31. The van der Waals surface area contributed by atoms with E-state index in [1.807, 2.05) is 6.92 Å². The molecule has 0 aliphatic heterocycles. The molecule has 1 fully saturated rings. The minimum absolute atomic E-state index is 0.0324.